The second-order valence-corrected chi connectivity index (χ2v) is 5.12. The van der Waals surface area contributed by atoms with Crippen LogP contribution in [0.15, 0.2) is 24.4 Å². The van der Waals surface area contributed by atoms with Crippen molar-refractivity contribution in [1.82, 2.24) is 10.3 Å². The summed E-state index contributed by atoms with van der Waals surface area (Å²) in [6.45, 7) is 5.28. The molecule has 3 N–H and O–H groups in total. The number of hydrogen-bond acceptors (Lipinski definition) is 4. The standard InChI is InChI=1S/C13H19N3O3/c1-13(2,3)19-12(18)16-10(8-11(14)17)9-6-4-5-7-15-9/h4-7,10H,8H2,1-3H3,(H2,14,17)(H,16,18). The lowest BCUT2D eigenvalue weighted by atomic mass is 10.1. The molecule has 0 aliphatic carbocycles. The summed E-state index contributed by atoms with van der Waals surface area (Å²) in [5.74, 6) is -0.522. The van der Waals surface area contributed by atoms with Gasteiger partial charge >= 0.3 is 6.09 Å². The van der Waals surface area contributed by atoms with E-state index in [1.165, 1.54) is 0 Å². The van der Waals surface area contributed by atoms with Gasteiger partial charge in [-0.25, -0.2) is 4.79 Å². The molecule has 1 atom stereocenters. The van der Waals surface area contributed by atoms with Gasteiger partial charge < -0.3 is 15.8 Å². The fraction of sp³-hybridized carbons (Fsp3) is 0.462. The molecule has 104 valence electrons. The van der Waals surface area contributed by atoms with Crippen molar-refractivity contribution in [3.8, 4) is 0 Å². The maximum absolute atomic E-state index is 11.7. The maximum atomic E-state index is 11.7. The van der Waals surface area contributed by atoms with Crippen LogP contribution in [0.5, 0.6) is 0 Å². The van der Waals surface area contributed by atoms with Gasteiger partial charge in [0.25, 0.3) is 0 Å². The Morgan fingerprint density at radius 2 is 2.11 bits per heavy atom. The van der Waals surface area contributed by atoms with Crippen molar-refractivity contribution in [2.75, 3.05) is 0 Å². The average Bonchev–Trinajstić information content (AvgIpc) is 2.26. The van der Waals surface area contributed by atoms with Gasteiger partial charge in [0.1, 0.15) is 5.60 Å². The molecule has 0 aliphatic rings. The summed E-state index contributed by atoms with van der Waals surface area (Å²) < 4.78 is 5.14. The van der Waals surface area contributed by atoms with Crippen molar-refractivity contribution >= 4 is 12.0 Å². The minimum atomic E-state index is -0.607. The Hall–Kier alpha value is -2.11. The fourth-order valence-electron chi connectivity index (χ4n) is 1.46. The van der Waals surface area contributed by atoms with Gasteiger partial charge in [0.05, 0.1) is 18.2 Å². The van der Waals surface area contributed by atoms with E-state index in [9.17, 15) is 9.59 Å². The summed E-state index contributed by atoms with van der Waals surface area (Å²) in [7, 11) is 0. The summed E-state index contributed by atoms with van der Waals surface area (Å²) in [6.07, 6.45) is 0.945. The molecule has 2 amide bonds. The Balaban J connectivity index is 2.76. The number of aromatic nitrogens is 1. The molecule has 0 saturated heterocycles. The van der Waals surface area contributed by atoms with Crippen LogP contribution < -0.4 is 11.1 Å². The molecule has 0 radical (unpaired) electrons. The van der Waals surface area contributed by atoms with Crippen LogP contribution in [-0.2, 0) is 9.53 Å². The highest BCUT2D eigenvalue weighted by molar-refractivity contribution is 5.76. The summed E-state index contributed by atoms with van der Waals surface area (Å²) in [4.78, 5) is 26.9. The highest BCUT2D eigenvalue weighted by Gasteiger charge is 2.22. The molecule has 1 rings (SSSR count). The molecule has 0 bridgehead atoms. The van der Waals surface area contributed by atoms with Crippen LogP contribution >= 0.6 is 0 Å². The molecular weight excluding hydrogens is 246 g/mol. The fourth-order valence-corrected chi connectivity index (χ4v) is 1.46. The number of nitrogens with zero attached hydrogens (tertiary/aromatic N) is 1. The van der Waals surface area contributed by atoms with Crippen molar-refractivity contribution in [3.63, 3.8) is 0 Å². The minimum absolute atomic E-state index is 0.0315. The highest BCUT2D eigenvalue weighted by atomic mass is 16.6. The van der Waals surface area contributed by atoms with E-state index in [1.54, 1.807) is 45.2 Å². The van der Waals surface area contributed by atoms with Crippen molar-refractivity contribution in [2.24, 2.45) is 5.73 Å². The van der Waals surface area contributed by atoms with Crippen LogP contribution in [0.4, 0.5) is 4.79 Å². The second-order valence-electron chi connectivity index (χ2n) is 5.12. The molecule has 0 aromatic carbocycles. The van der Waals surface area contributed by atoms with Crippen molar-refractivity contribution in [1.29, 1.82) is 0 Å². The second kappa shape index (κ2) is 6.17. The zero-order valence-electron chi connectivity index (χ0n) is 11.3. The van der Waals surface area contributed by atoms with E-state index in [0.29, 0.717) is 5.69 Å². The third-order valence-corrected chi connectivity index (χ3v) is 2.14. The smallest absolute Gasteiger partial charge is 0.408 e. The first-order chi connectivity index (χ1) is 8.78. The molecule has 0 fully saturated rings. The lowest BCUT2D eigenvalue weighted by Gasteiger charge is -2.22. The minimum Gasteiger partial charge on any atom is -0.444 e. The zero-order chi connectivity index (χ0) is 14.5. The Bertz CT molecular complexity index is 440. The lowest BCUT2D eigenvalue weighted by Crippen LogP contribution is -2.36. The summed E-state index contributed by atoms with van der Waals surface area (Å²) in [5, 5.41) is 2.60. The number of alkyl carbamates (subject to hydrolysis) is 1. The largest absolute Gasteiger partial charge is 0.444 e. The Morgan fingerprint density at radius 1 is 1.42 bits per heavy atom. The molecule has 1 aromatic rings. The summed E-state index contributed by atoms with van der Waals surface area (Å²) in [5.41, 5.74) is 5.13. The molecule has 19 heavy (non-hydrogen) atoms. The van der Waals surface area contributed by atoms with Gasteiger partial charge in [-0.2, -0.15) is 0 Å². The quantitative estimate of drug-likeness (QED) is 0.863. The number of nitrogens with two attached hydrogens (primary N) is 1. The van der Waals surface area contributed by atoms with Crippen LogP contribution in [0, 0.1) is 0 Å². The van der Waals surface area contributed by atoms with E-state index >= 15 is 0 Å². The van der Waals surface area contributed by atoms with Crippen LogP contribution in [0.3, 0.4) is 0 Å². The molecule has 1 aromatic heterocycles. The van der Waals surface area contributed by atoms with E-state index in [4.69, 9.17) is 10.5 Å². The number of rotatable bonds is 4. The Kier molecular flexibility index (Phi) is 4.86. The molecule has 1 heterocycles. The molecule has 6 heteroatoms. The van der Waals surface area contributed by atoms with Crippen molar-refractivity contribution in [2.45, 2.75) is 38.8 Å². The lowest BCUT2D eigenvalue weighted by molar-refractivity contribution is -0.118. The molecule has 0 spiro atoms. The molecule has 0 saturated carbocycles. The van der Waals surface area contributed by atoms with Crippen LogP contribution in [0.1, 0.15) is 38.9 Å². The van der Waals surface area contributed by atoms with E-state index in [-0.39, 0.29) is 6.42 Å². The first-order valence-corrected chi connectivity index (χ1v) is 5.96. The van der Waals surface area contributed by atoms with Gasteiger partial charge in [-0.1, -0.05) is 6.07 Å². The van der Waals surface area contributed by atoms with Gasteiger partial charge in [0, 0.05) is 6.20 Å². The normalized spacial score (nSPS) is 12.6. The Morgan fingerprint density at radius 3 is 2.58 bits per heavy atom. The first kappa shape index (κ1) is 14.9. The van der Waals surface area contributed by atoms with Crippen molar-refractivity contribution in [3.05, 3.63) is 30.1 Å². The number of amides is 2. The van der Waals surface area contributed by atoms with E-state index in [1.807, 2.05) is 0 Å². The predicted octanol–water partition coefficient (Wildman–Crippen LogP) is 1.52. The molecule has 6 nitrogen and oxygen atoms in total. The first-order valence-electron chi connectivity index (χ1n) is 5.96. The van der Waals surface area contributed by atoms with Crippen LogP contribution in [-0.4, -0.2) is 22.6 Å². The zero-order valence-corrected chi connectivity index (χ0v) is 11.3. The highest BCUT2D eigenvalue weighted by Crippen LogP contribution is 2.15. The Labute approximate surface area is 112 Å². The van der Waals surface area contributed by atoms with Gasteiger partial charge in [-0.05, 0) is 32.9 Å². The topological polar surface area (TPSA) is 94.3 Å². The number of carbonyl (C=O) groups excluding carboxylic acids is 2. The van der Waals surface area contributed by atoms with Gasteiger partial charge in [-0.15, -0.1) is 0 Å². The number of primary amides is 1. The van der Waals surface area contributed by atoms with Crippen LogP contribution in [0.25, 0.3) is 0 Å². The van der Waals surface area contributed by atoms with Gasteiger partial charge in [0.2, 0.25) is 5.91 Å². The van der Waals surface area contributed by atoms with Crippen LogP contribution in [0.2, 0.25) is 0 Å². The summed E-state index contributed by atoms with van der Waals surface area (Å²) >= 11 is 0. The van der Waals surface area contributed by atoms with E-state index < -0.39 is 23.6 Å². The molecule has 1 unspecified atom stereocenters. The SMILES string of the molecule is CC(C)(C)OC(=O)NC(CC(N)=O)c1ccccn1. The summed E-state index contributed by atoms with van der Waals surface area (Å²) in [6, 6.07) is 4.64. The van der Waals surface area contributed by atoms with E-state index in [0.717, 1.165) is 0 Å². The molecule has 0 aliphatic heterocycles. The number of carbonyl (C=O) groups is 2. The number of pyridine rings is 1. The number of ether oxygens (including phenoxy) is 1. The van der Waals surface area contributed by atoms with Gasteiger partial charge in [-0.3, -0.25) is 9.78 Å². The average molecular weight is 265 g/mol. The predicted molar refractivity (Wildman–Crippen MR) is 70.2 cm³/mol. The monoisotopic (exact) mass is 265 g/mol. The van der Waals surface area contributed by atoms with Crippen molar-refractivity contribution < 1.29 is 14.3 Å². The molecular formula is C13H19N3O3. The third kappa shape index (κ3) is 5.85. The maximum Gasteiger partial charge on any atom is 0.408 e. The number of hydrogen-bond donors (Lipinski definition) is 2. The van der Waals surface area contributed by atoms with Gasteiger partial charge in [0.15, 0.2) is 0 Å². The number of nitrogens with one attached hydrogen (secondary N) is 1. The third-order valence-electron chi connectivity index (χ3n) is 2.14. The van der Waals surface area contributed by atoms with E-state index in [2.05, 4.69) is 10.3 Å².